The number of hydrogen-bond acceptors (Lipinski definition) is 3. The lowest BCUT2D eigenvalue weighted by Crippen LogP contribution is -2.58. The molecule has 2 rings (SSSR count). The fourth-order valence-corrected chi connectivity index (χ4v) is 1.38. The zero-order chi connectivity index (χ0) is 6.97. The first kappa shape index (κ1) is 6.12. The van der Waals surface area contributed by atoms with Crippen molar-refractivity contribution in [1.82, 2.24) is 10.6 Å². The Morgan fingerprint density at radius 3 is 3.10 bits per heavy atom. The number of fused-ring (bicyclic) bond motifs is 1. The van der Waals surface area contributed by atoms with Crippen LogP contribution in [-0.4, -0.2) is 37.7 Å². The van der Waals surface area contributed by atoms with Crippen molar-refractivity contribution in [1.29, 1.82) is 0 Å². The maximum Gasteiger partial charge on any atom is 0.234 e. The van der Waals surface area contributed by atoms with Crippen LogP contribution >= 0.6 is 0 Å². The number of rotatable bonds is 0. The van der Waals surface area contributed by atoms with Crippen molar-refractivity contribution < 1.29 is 9.53 Å². The number of carbonyl (C=O) groups excluding carboxylic acids is 1. The van der Waals surface area contributed by atoms with E-state index in [1.165, 1.54) is 0 Å². The Balaban J connectivity index is 2.03. The van der Waals surface area contributed by atoms with Crippen LogP contribution in [0.3, 0.4) is 0 Å². The molecule has 10 heavy (non-hydrogen) atoms. The minimum absolute atomic E-state index is 0.0757. The normalized spacial score (nSPS) is 39.0. The van der Waals surface area contributed by atoms with E-state index in [-0.39, 0.29) is 11.9 Å². The van der Waals surface area contributed by atoms with Gasteiger partial charge in [-0.3, -0.25) is 4.79 Å². The lowest BCUT2D eigenvalue weighted by molar-refractivity contribution is -0.122. The molecule has 0 unspecified atom stereocenters. The molecule has 0 aliphatic carbocycles. The summed E-state index contributed by atoms with van der Waals surface area (Å²) in [6.45, 7) is 1.82. The Kier molecular flexibility index (Phi) is 1.35. The van der Waals surface area contributed by atoms with E-state index in [1.54, 1.807) is 0 Å². The molecule has 0 saturated carbocycles. The lowest BCUT2D eigenvalue weighted by Gasteiger charge is -2.25. The van der Waals surface area contributed by atoms with Gasteiger partial charge >= 0.3 is 0 Å². The Bertz CT molecular complexity index is 160. The molecule has 2 N–H and O–H groups in total. The highest BCUT2D eigenvalue weighted by Crippen LogP contribution is 2.07. The summed E-state index contributed by atoms with van der Waals surface area (Å²) in [6, 6.07) is 0.555. The number of hydrogen-bond donors (Lipinski definition) is 2. The van der Waals surface area contributed by atoms with Crippen LogP contribution in [0.2, 0.25) is 0 Å². The first-order valence-corrected chi connectivity index (χ1v) is 3.47. The summed E-state index contributed by atoms with van der Waals surface area (Å²) in [6.07, 6.45) is 0. The molecule has 2 fully saturated rings. The zero-order valence-corrected chi connectivity index (χ0v) is 5.59. The predicted molar refractivity (Wildman–Crippen MR) is 34.5 cm³/mol. The van der Waals surface area contributed by atoms with E-state index in [9.17, 15) is 4.79 Å². The van der Waals surface area contributed by atoms with Crippen LogP contribution in [0.5, 0.6) is 0 Å². The smallest absolute Gasteiger partial charge is 0.234 e. The molecule has 2 aliphatic rings. The summed E-state index contributed by atoms with van der Waals surface area (Å²) in [7, 11) is 0. The van der Waals surface area contributed by atoms with Gasteiger partial charge in [-0.15, -0.1) is 0 Å². The maximum absolute atomic E-state index is 10.8. The van der Waals surface area contributed by atoms with Gasteiger partial charge in [-0.1, -0.05) is 0 Å². The molecular formula is C6H10N2O2. The fourth-order valence-electron chi connectivity index (χ4n) is 1.38. The molecule has 1 amide bonds. The van der Waals surface area contributed by atoms with Crippen LogP contribution in [-0.2, 0) is 9.53 Å². The molecule has 0 aromatic carbocycles. The van der Waals surface area contributed by atoms with E-state index < -0.39 is 0 Å². The van der Waals surface area contributed by atoms with E-state index in [2.05, 4.69) is 10.6 Å². The molecule has 0 aromatic heterocycles. The van der Waals surface area contributed by atoms with E-state index >= 15 is 0 Å². The third-order valence-corrected chi connectivity index (χ3v) is 1.95. The van der Waals surface area contributed by atoms with Crippen molar-refractivity contribution in [2.24, 2.45) is 0 Å². The molecule has 0 bridgehead atoms. The average Bonchev–Trinajstić information content (AvgIpc) is 2.33. The van der Waals surface area contributed by atoms with Gasteiger partial charge in [0.25, 0.3) is 0 Å². The largest absolute Gasteiger partial charge is 0.378 e. The van der Waals surface area contributed by atoms with Gasteiger partial charge in [0, 0.05) is 0 Å². The average molecular weight is 142 g/mol. The van der Waals surface area contributed by atoms with Crippen molar-refractivity contribution in [3.63, 3.8) is 0 Å². The Labute approximate surface area is 58.9 Å². The quantitative estimate of drug-likeness (QED) is 0.431. The predicted octanol–water partition coefficient (Wildman–Crippen LogP) is -1.53. The summed E-state index contributed by atoms with van der Waals surface area (Å²) < 4.78 is 5.16. The van der Waals surface area contributed by atoms with Gasteiger partial charge in [0.15, 0.2) is 0 Å². The van der Waals surface area contributed by atoms with E-state index in [0.717, 1.165) is 6.61 Å². The second-order valence-electron chi connectivity index (χ2n) is 2.70. The Morgan fingerprint density at radius 1 is 1.40 bits per heavy atom. The highest BCUT2D eigenvalue weighted by Gasteiger charge is 2.32. The molecule has 2 heterocycles. The molecule has 0 aromatic rings. The van der Waals surface area contributed by atoms with Gasteiger partial charge in [-0.2, -0.15) is 0 Å². The molecule has 0 spiro atoms. The second-order valence-corrected chi connectivity index (χ2v) is 2.70. The van der Waals surface area contributed by atoms with Gasteiger partial charge in [0.2, 0.25) is 5.91 Å². The van der Waals surface area contributed by atoms with Crippen molar-refractivity contribution >= 4 is 5.91 Å². The molecule has 4 nitrogen and oxygen atoms in total. The van der Waals surface area contributed by atoms with E-state index in [1.807, 2.05) is 0 Å². The first-order chi connectivity index (χ1) is 4.86. The third kappa shape index (κ3) is 0.892. The minimum Gasteiger partial charge on any atom is -0.378 e. The van der Waals surface area contributed by atoms with E-state index in [0.29, 0.717) is 19.2 Å². The molecule has 2 saturated heterocycles. The SMILES string of the molecule is O=C1CN[C@H]2COC[C@@H]2N1. The maximum atomic E-state index is 10.8. The highest BCUT2D eigenvalue weighted by atomic mass is 16.5. The van der Waals surface area contributed by atoms with Crippen LogP contribution in [0.15, 0.2) is 0 Å². The van der Waals surface area contributed by atoms with Gasteiger partial charge < -0.3 is 15.4 Å². The number of carbonyl (C=O) groups is 1. The van der Waals surface area contributed by atoms with Crippen LogP contribution in [0.25, 0.3) is 0 Å². The summed E-state index contributed by atoms with van der Waals surface area (Å²) >= 11 is 0. The van der Waals surface area contributed by atoms with Crippen molar-refractivity contribution in [3.8, 4) is 0 Å². The number of amides is 1. The summed E-state index contributed by atoms with van der Waals surface area (Å²) in [5.41, 5.74) is 0. The zero-order valence-electron chi connectivity index (χ0n) is 5.59. The Hall–Kier alpha value is -0.610. The fraction of sp³-hybridized carbons (Fsp3) is 0.833. The van der Waals surface area contributed by atoms with Crippen LogP contribution < -0.4 is 10.6 Å². The molecule has 0 radical (unpaired) electrons. The summed E-state index contributed by atoms with van der Waals surface area (Å²) in [4.78, 5) is 10.8. The Morgan fingerprint density at radius 2 is 2.20 bits per heavy atom. The monoisotopic (exact) mass is 142 g/mol. The van der Waals surface area contributed by atoms with Gasteiger partial charge in [-0.05, 0) is 0 Å². The van der Waals surface area contributed by atoms with Gasteiger partial charge in [0.1, 0.15) is 0 Å². The van der Waals surface area contributed by atoms with Crippen molar-refractivity contribution in [2.45, 2.75) is 12.1 Å². The standard InChI is InChI=1S/C6H10N2O2/c9-6-1-7-4-2-10-3-5(4)8-6/h4-5,7H,1-3H2,(H,8,9)/t4-,5-/m0/s1. The first-order valence-electron chi connectivity index (χ1n) is 3.47. The van der Waals surface area contributed by atoms with Crippen molar-refractivity contribution in [2.75, 3.05) is 19.8 Å². The molecule has 56 valence electrons. The van der Waals surface area contributed by atoms with Crippen molar-refractivity contribution in [3.05, 3.63) is 0 Å². The minimum atomic E-state index is 0.0757. The molecule has 2 aliphatic heterocycles. The summed E-state index contributed by atoms with van der Waals surface area (Å²) in [5.74, 6) is 0.0757. The molecular weight excluding hydrogens is 132 g/mol. The number of ether oxygens (including phenoxy) is 1. The topological polar surface area (TPSA) is 50.4 Å². The van der Waals surface area contributed by atoms with Crippen LogP contribution in [0.1, 0.15) is 0 Å². The molecule has 2 atom stereocenters. The molecule has 4 heteroatoms. The summed E-state index contributed by atoms with van der Waals surface area (Å²) in [5, 5.41) is 5.95. The van der Waals surface area contributed by atoms with Crippen LogP contribution in [0, 0.1) is 0 Å². The van der Waals surface area contributed by atoms with Gasteiger partial charge in [-0.25, -0.2) is 0 Å². The lowest BCUT2D eigenvalue weighted by atomic mass is 10.1. The van der Waals surface area contributed by atoms with Crippen LogP contribution in [0.4, 0.5) is 0 Å². The second kappa shape index (κ2) is 2.21. The third-order valence-electron chi connectivity index (χ3n) is 1.95. The van der Waals surface area contributed by atoms with Gasteiger partial charge in [0.05, 0.1) is 31.8 Å². The van der Waals surface area contributed by atoms with E-state index in [4.69, 9.17) is 4.74 Å². The highest BCUT2D eigenvalue weighted by molar-refractivity contribution is 5.79. The number of nitrogens with one attached hydrogen (secondary N) is 2. The number of piperazine rings is 1.